The van der Waals surface area contributed by atoms with E-state index in [2.05, 4.69) is 55.8 Å². The first kappa shape index (κ1) is 37.4. The Bertz CT molecular complexity index is 545. The normalized spacial score (nSPS) is 19.9. The summed E-state index contributed by atoms with van der Waals surface area (Å²) in [7, 11) is 6.25. The summed E-state index contributed by atoms with van der Waals surface area (Å²) in [6.45, 7) is 11.2. The summed E-state index contributed by atoms with van der Waals surface area (Å²) in [4.78, 5) is 14.4. The molecule has 0 saturated heterocycles. The Balaban J connectivity index is 0.00000318. The topological polar surface area (TPSA) is 44.6 Å². The van der Waals surface area contributed by atoms with Gasteiger partial charge >= 0.3 is 0 Å². The Morgan fingerprint density at radius 3 is 1.66 bits per heavy atom. The molecule has 0 spiro atoms. The van der Waals surface area contributed by atoms with Crippen molar-refractivity contribution in [2.75, 3.05) is 21.1 Å². The lowest BCUT2D eigenvalue weighted by atomic mass is 9.59. The summed E-state index contributed by atoms with van der Waals surface area (Å²) in [6.07, 6.45) is 25.9. The van der Waals surface area contributed by atoms with E-state index in [0.717, 1.165) is 31.6 Å². The van der Waals surface area contributed by atoms with Gasteiger partial charge in [0.05, 0.1) is 21.1 Å². The number of quaternary nitrogens is 1. The Morgan fingerprint density at radius 2 is 1.18 bits per heavy atom. The number of nitrogens with one attached hydrogen (secondary N) is 1. The maximum Gasteiger partial charge on any atom is 0.0661 e. The number of unbranched alkanes of at least 4 members (excludes halogenated alkanes) is 12. The predicted molar refractivity (Wildman–Crippen MR) is 165 cm³/mol. The molecule has 0 aliphatic heterocycles. The Morgan fingerprint density at radius 1 is 0.737 bits per heavy atom. The Kier molecular flexibility index (Phi) is 22.8. The first-order valence-electron chi connectivity index (χ1n) is 17.2. The minimum Gasteiger partial charge on any atom is -0.550 e. The van der Waals surface area contributed by atoms with Gasteiger partial charge in [-0.05, 0) is 49.4 Å². The van der Waals surface area contributed by atoms with Gasteiger partial charge in [0, 0.05) is 11.4 Å². The lowest BCUT2D eigenvalue weighted by Crippen LogP contribution is -3.02. The van der Waals surface area contributed by atoms with Crippen LogP contribution in [-0.2, 0) is 4.79 Å². The minimum absolute atomic E-state index is 0.274. The summed E-state index contributed by atoms with van der Waals surface area (Å²) in [5.74, 6) is 1.28. The Labute approximate surface area is 240 Å². The van der Waals surface area contributed by atoms with Crippen molar-refractivity contribution in [1.82, 2.24) is 0 Å². The fourth-order valence-corrected chi connectivity index (χ4v) is 7.06. The van der Waals surface area contributed by atoms with Crippen LogP contribution in [0.25, 0.3) is 0 Å². The summed E-state index contributed by atoms with van der Waals surface area (Å²) < 4.78 is 0. The van der Waals surface area contributed by atoms with Gasteiger partial charge < -0.3 is 14.8 Å². The molecule has 0 aromatic carbocycles. The van der Waals surface area contributed by atoms with E-state index in [0.29, 0.717) is 11.8 Å². The van der Waals surface area contributed by atoms with E-state index in [1.54, 1.807) is 0 Å². The molecule has 5 unspecified atom stereocenters. The number of rotatable bonds is 24. The van der Waals surface area contributed by atoms with E-state index >= 15 is 0 Å². The number of carbonyl (C=O) groups excluding carboxylic acids is 1. The minimum atomic E-state index is -0.721. The zero-order chi connectivity index (χ0) is 28.8. The summed E-state index contributed by atoms with van der Waals surface area (Å²) in [5.41, 5.74) is -0.619. The molecule has 0 aromatic rings. The molecule has 1 N–H and O–H groups in total. The monoisotopic (exact) mass is 538 g/mol. The molecule has 0 bridgehead atoms. The van der Waals surface area contributed by atoms with Crippen molar-refractivity contribution in [3.05, 3.63) is 0 Å². The SMILES string of the molecule is CCCCCCCCC1CC1C(CCCCCC)C(CC)(C(=O)[O-])C(CC)CCCCCCC.C[NH+](C)C. The second-order valence-electron chi connectivity index (χ2n) is 13.2. The average molecular weight is 538 g/mol. The molecule has 1 saturated carbocycles. The quantitative estimate of drug-likeness (QED) is 0.126. The van der Waals surface area contributed by atoms with Gasteiger partial charge in [-0.3, -0.25) is 0 Å². The van der Waals surface area contributed by atoms with Crippen molar-refractivity contribution in [2.24, 2.45) is 29.1 Å². The van der Waals surface area contributed by atoms with Crippen LogP contribution in [0.2, 0.25) is 0 Å². The smallest absolute Gasteiger partial charge is 0.0661 e. The number of aliphatic carboxylic acids is 1. The third kappa shape index (κ3) is 14.7. The van der Waals surface area contributed by atoms with E-state index in [4.69, 9.17) is 0 Å². The molecule has 1 aliphatic carbocycles. The molecule has 38 heavy (non-hydrogen) atoms. The van der Waals surface area contributed by atoms with Crippen molar-refractivity contribution in [2.45, 2.75) is 169 Å². The second-order valence-corrected chi connectivity index (χ2v) is 13.2. The number of carbonyl (C=O) groups is 1. The van der Waals surface area contributed by atoms with Gasteiger partial charge in [-0.1, -0.05) is 144 Å². The van der Waals surface area contributed by atoms with Crippen LogP contribution < -0.4 is 10.0 Å². The van der Waals surface area contributed by atoms with Gasteiger partial charge in [0.2, 0.25) is 0 Å². The fourth-order valence-electron chi connectivity index (χ4n) is 7.06. The zero-order valence-corrected chi connectivity index (χ0v) is 27.5. The summed E-state index contributed by atoms with van der Waals surface area (Å²) in [6, 6.07) is 0. The van der Waals surface area contributed by atoms with Crippen LogP contribution in [0, 0.1) is 29.1 Å². The highest BCUT2D eigenvalue weighted by Crippen LogP contribution is 2.58. The standard InChI is InChI=1S/C32H62O2.C3H9N/c1-6-11-14-17-19-20-23-27-26-29(27)30(25-22-16-13-8-3)32(10-5,31(33)34)28(9-4)24-21-18-15-12-7-2;1-4(2)3/h27-30H,6-26H2,1-5H3,(H,33,34);1-3H3. The fraction of sp³-hybridized carbons (Fsp3) is 0.971. The van der Waals surface area contributed by atoms with Gasteiger partial charge in [-0.25, -0.2) is 0 Å². The Hall–Kier alpha value is -0.570. The third-order valence-corrected chi connectivity index (χ3v) is 9.30. The largest absolute Gasteiger partial charge is 0.550 e. The van der Waals surface area contributed by atoms with Crippen molar-refractivity contribution in [3.63, 3.8) is 0 Å². The van der Waals surface area contributed by atoms with Crippen LogP contribution in [0.1, 0.15) is 169 Å². The third-order valence-electron chi connectivity index (χ3n) is 9.30. The second kappa shape index (κ2) is 23.2. The number of carboxylic acid groups (broad SMARTS) is 1. The summed E-state index contributed by atoms with van der Waals surface area (Å²) in [5, 5.41) is 13.0. The van der Waals surface area contributed by atoms with Gasteiger partial charge in [-0.2, -0.15) is 0 Å². The van der Waals surface area contributed by atoms with Gasteiger partial charge in [0.15, 0.2) is 0 Å². The molecule has 228 valence electrons. The lowest BCUT2D eigenvalue weighted by molar-refractivity contribution is -0.836. The molecular formula is C35H71NO2. The molecule has 1 aliphatic rings. The first-order chi connectivity index (χ1) is 18.3. The van der Waals surface area contributed by atoms with E-state index in [-0.39, 0.29) is 5.92 Å². The van der Waals surface area contributed by atoms with Gasteiger partial charge in [0.25, 0.3) is 0 Å². The number of hydrogen-bond donors (Lipinski definition) is 1. The molecule has 1 fully saturated rings. The van der Waals surface area contributed by atoms with E-state index < -0.39 is 11.4 Å². The molecule has 3 nitrogen and oxygen atoms in total. The van der Waals surface area contributed by atoms with Crippen LogP contribution in [0.15, 0.2) is 0 Å². The highest BCUT2D eigenvalue weighted by molar-refractivity contribution is 5.73. The van der Waals surface area contributed by atoms with Gasteiger partial charge in [0.1, 0.15) is 0 Å². The average Bonchev–Trinajstić information content (AvgIpc) is 3.64. The molecule has 1 rings (SSSR count). The van der Waals surface area contributed by atoms with Crippen LogP contribution in [0.4, 0.5) is 0 Å². The molecular weight excluding hydrogens is 466 g/mol. The van der Waals surface area contributed by atoms with Crippen molar-refractivity contribution < 1.29 is 14.8 Å². The maximum absolute atomic E-state index is 13.0. The predicted octanol–water partition coefficient (Wildman–Crippen LogP) is 8.25. The van der Waals surface area contributed by atoms with Crippen LogP contribution in [0.5, 0.6) is 0 Å². The number of carboxylic acids is 1. The zero-order valence-electron chi connectivity index (χ0n) is 27.5. The maximum atomic E-state index is 13.0. The van der Waals surface area contributed by atoms with Gasteiger partial charge in [-0.15, -0.1) is 0 Å². The van der Waals surface area contributed by atoms with E-state index in [1.807, 2.05) is 0 Å². The van der Waals surface area contributed by atoms with E-state index in [9.17, 15) is 9.90 Å². The van der Waals surface area contributed by atoms with Crippen LogP contribution in [-0.4, -0.2) is 27.1 Å². The molecule has 0 heterocycles. The van der Waals surface area contributed by atoms with Crippen LogP contribution >= 0.6 is 0 Å². The lowest BCUT2D eigenvalue weighted by Gasteiger charge is -2.48. The highest BCUT2D eigenvalue weighted by Gasteiger charge is 2.53. The molecule has 0 amide bonds. The summed E-state index contributed by atoms with van der Waals surface area (Å²) >= 11 is 0. The van der Waals surface area contributed by atoms with Crippen molar-refractivity contribution in [1.29, 1.82) is 0 Å². The van der Waals surface area contributed by atoms with Crippen molar-refractivity contribution in [3.8, 4) is 0 Å². The first-order valence-corrected chi connectivity index (χ1v) is 17.2. The highest BCUT2D eigenvalue weighted by atomic mass is 16.4. The molecule has 0 aromatic heterocycles. The van der Waals surface area contributed by atoms with E-state index in [1.165, 1.54) is 114 Å². The molecule has 3 heteroatoms. The number of hydrogen-bond acceptors (Lipinski definition) is 2. The van der Waals surface area contributed by atoms with Crippen LogP contribution in [0.3, 0.4) is 0 Å². The molecule has 0 radical (unpaired) electrons. The molecule has 5 atom stereocenters. The van der Waals surface area contributed by atoms with Crippen molar-refractivity contribution >= 4 is 5.97 Å².